The third-order valence-corrected chi connectivity index (χ3v) is 6.97. The van der Waals surface area contributed by atoms with Crippen molar-refractivity contribution in [1.82, 2.24) is 13.9 Å². The lowest BCUT2D eigenvalue weighted by Crippen LogP contribution is -2.33. The van der Waals surface area contributed by atoms with Gasteiger partial charge in [-0.1, -0.05) is 13.8 Å². The van der Waals surface area contributed by atoms with Gasteiger partial charge in [0.2, 0.25) is 21.8 Å². The molecular formula is C23H26N4O6S. The summed E-state index contributed by atoms with van der Waals surface area (Å²) in [5.74, 6) is 0.761. The molecule has 0 bridgehead atoms. The molecule has 0 atom stereocenters. The molecule has 0 aliphatic carbocycles. The van der Waals surface area contributed by atoms with E-state index < -0.39 is 28.0 Å². The molecule has 1 aromatic carbocycles. The van der Waals surface area contributed by atoms with Gasteiger partial charge in [0.1, 0.15) is 23.7 Å². The summed E-state index contributed by atoms with van der Waals surface area (Å²) in [5, 5.41) is 2.66. The van der Waals surface area contributed by atoms with Gasteiger partial charge in [0.15, 0.2) is 0 Å². The number of anilines is 1. The SMILES string of the molecule is CCN(CC)S(=O)(=O)c1ccc(=O)n(CC(=O)Nc2cccnc2Oc2ccc(OC)cc2)c1. The quantitative estimate of drug-likeness (QED) is 0.468. The second-order valence-corrected chi connectivity index (χ2v) is 9.04. The van der Waals surface area contributed by atoms with Gasteiger partial charge < -0.3 is 19.4 Å². The van der Waals surface area contributed by atoms with Crippen LogP contribution in [0.25, 0.3) is 0 Å². The first kappa shape index (κ1) is 24.9. The van der Waals surface area contributed by atoms with Crippen molar-refractivity contribution >= 4 is 21.6 Å². The minimum Gasteiger partial charge on any atom is -0.497 e. The van der Waals surface area contributed by atoms with Gasteiger partial charge >= 0.3 is 0 Å². The number of aromatic nitrogens is 2. The third-order valence-electron chi connectivity index (χ3n) is 4.93. The topological polar surface area (TPSA) is 120 Å². The summed E-state index contributed by atoms with van der Waals surface area (Å²) in [6.07, 6.45) is 2.69. The first-order valence-corrected chi connectivity index (χ1v) is 12.0. The fraction of sp³-hybridized carbons (Fsp3) is 0.261. The lowest BCUT2D eigenvalue weighted by molar-refractivity contribution is -0.116. The minimum atomic E-state index is -3.78. The largest absolute Gasteiger partial charge is 0.497 e. The van der Waals surface area contributed by atoms with Gasteiger partial charge in [-0.05, 0) is 42.5 Å². The smallest absolute Gasteiger partial charge is 0.251 e. The Balaban J connectivity index is 1.78. The number of carbonyl (C=O) groups excluding carboxylic acids is 1. The molecule has 0 radical (unpaired) electrons. The van der Waals surface area contributed by atoms with E-state index in [2.05, 4.69) is 10.3 Å². The zero-order valence-electron chi connectivity index (χ0n) is 19.1. The molecule has 1 amide bonds. The lowest BCUT2D eigenvalue weighted by atomic mass is 10.3. The Bertz CT molecular complexity index is 1300. The van der Waals surface area contributed by atoms with E-state index in [4.69, 9.17) is 9.47 Å². The Labute approximate surface area is 197 Å². The molecule has 0 saturated heterocycles. The molecular weight excluding hydrogens is 460 g/mol. The summed E-state index contributed by atoms with van der Waals surface area (Å²) in [7, 11) is -2.22. The number of sulfonamides is 1. The van der Waals surface area contributed by atoms with Gasteiger partial charge in [-0.3, -0.25) is 9.59 Å². The van der Waals surface area contributed by atoms with E-state index in [-0.39, 0.29) is 23.9 Å². The number of nitrogens with zero attached hydrogens (tertiary/aromatic N) is 3. The fourth-order valence-corrected chi connectivity index (χ4v) is 4.64. The summed E-state index contributed by atoms with van der Waals surface area (Å²) in [4.78, 5) is 29.1. The summed E-state index contributed by atoms with van der Waals surface area (Å²) in [6.45, 7) is 3.64. The van der Waals surface area contributed by atoms with Crippen LogP contribution in [-0.2, 0) is 21.4 Å². The maximum absolute atomic E-state index is 12.8. The molecule has 180 valence electrons. The Morgan fingerprint density at radius 3 is 2.38 bits per heavy atom. The number of methoxy groups -OCH3 is 1. The molecule has 3 aromatic rings. The first-order chi connectivity index (χ1) is 16.3. The molecule has 2 heterocycles. The zero-order chi connectivity index (χ0) is 24.7. The molecule has 3 rings (SSSR count). The normalized spacial score (nSPS) is 11.3. The van der Waals surface area contributed by atoms with Crippen molar-refractivity contribution in [3.63, 3.8) is 0 Å². The van der Waals surface area contributed by atoms with Crippen molar-refractivity contribution in [3.05, 3.63) is 71.3 Å². The van der Waals surface area contributed by atoms with E-state index in [1.165, 1.54) is 22.8 Å². The lowest BCUT2D eigenvalue weighted by Gasteiger charge is -2.19. The van der Waals surface area contributed by atoms with Crippen LogP contribution in [0.1, 0.15) is 13.8 Å². The number of ether oxygens (including phenoxy) is 2. The fourth-order valence-electron chi connectivity index (χ4n) is 3.17. The van der Waals surface area contributed by atoms with Crippen molar-refractivity contribution < 1.29 is 22.7 Å². The van der Waals surface area contributed by atoms with Crippen molar-refractivity contribution in [2.75, 3.05) is 25.5 Å². The van der Waals surface area contributed by atoms with E-state index in [9.17, 15) is 18.0 Å². The van der Waals surface area contributed by atoms with Crippen LogP contribution in [-0.4, -0.2) is 48.4 Å². The second kappa shape index (κ2) is 10.9. The molecule has 11 heteroatoms. The van der Waals surface area contributed by atoms with Crippen molar-refractivity contribution in [2.45, 2.75) is 25.3 Å². The number of amides is 1. The van der Waals surface area contributed by atoms with Crippen molar-refractivity contribution in [1.29, 1.82) is 0 Å². The second-order valence-electron chi connectivity index (χ2n) is 7.10. The van der Waals surface area contributed by atoms with Gasteiger partial charge in [-0.25, -0.2) is 13.4 Å². The Kier molecular flexibility index (Phi) is 8.03. The Morgan fingerprint density at radius 1 is 1.06 bits per heavy atom. The minimum absolute atomic E-state index is 0.0616. The van der Waals surface area contributed by atoms with Gasteiger partial charge in [0.25, 0.3) is 5.56 Å². The molecule has 0 unspecified atom stereocenters. The van der Waals surface area contributed by atoms with Crippen LogP contribution in [0.4, 0.5) is 5.69 Å². The molecule has 34 heavy (non-hydrogen) atoms. The molecule has 1 N–H and O–H groups in total. The molecule has 0 aliphatic heterocycles. The number of pyridine rings is 2. The van der Waals surface area contributed by atoms with E-state index in [1.54, 1.807) is 57.4 Å². The Hall–Kier alpha value is -3.70. The van der Waals surface area contributed by atoms with Crippen LogP contribution in [0.15, 0.2) is 70.6 Å². The summed E-state index contributed by atoms with van der Waals surface area (Å²) >= 11 is 0. The number of nitrogens with one attached hydrogen (secondary N) is 1. The average molecular weight is 487 g/mol. The highest BCUT2D eigenvalue weighted by Crippen LogP contribution is 2.28. The monoisotopic (exact) mass is 486 g/mol. The number of hydrogen-bond acceptors (Lipinski definition) is 7. The number of benzene rings is 1. The maximum atomic E-state index is 12.8. The van der Waals surface area contributed by atoms with Gasteiger partial charge in [0, 0.05) is 31.5 Å². The van der Waals surface area contributed by atoms with Gasteiger partial charge in [-0.15, -0.1) is 0 Å². The highest BCUT2D eigenvalue weighted by atomic mass is 32.2. The predicted octanol–water partition coefficient (Wildman–Crippen LogP) is 2.71. The van der Waals surface area contributed by atoms with Gasteiger partial charge in [0.05, 0.1) is 12.0 Å². The van der Waals surface area contributed by atoms with Crippen LogP contribution >= 0.6 is 0 Å². The van der Waals surface area contributed by atoms with E-state index in [0.717, 1.165) is 10.6 Å². The summed E-state index contributed by atoms with van der Waals surface area (Å²) in [6, 6.07) is 12.4. The molecule has 0 fully saturated rings. The zero-order valence-corrected chi connectivity index (χ0v) is 19.9. The number of carbonyl (C=O) groups is 1. The highest BCUT2D eigenvalue weighted by Gasteiger charge is 2.22. The van der Waals surface area contributed by atoms with Crippen LogP contribution in [0.2, 0.25) is 0 Å². The summed E-state index contributed by atoms with van der Waals surface area (Å²) in [5.41, 5.74) is -0.210. The third kappa shape index (κ3) is 5.80. The maximum Gasteiger partial charge on any atom is 0.251 e. The molecule has 0 aliphatic rings. The molecule has 2 aromatic heterocycles. The van der Waals surface area contributed by atoms with E-state index in [0.29, 0.717) is 17.2 Å². The van der Waals surface area contributed by atoms with Crippen LogP contribution in [0.3, 0.4) is 0 Å². The first-order valence-electron chi connectivity index (χ1n) is 10.6. The molecule has 10 nitrogen and oxygen atoms in total. The van der Waals surface area contributed by atoms with Crippen LogP contribution in [0, 0.1) is 0 Å². The standard InChI is InChI=1S/C23H26N4O6S/c1-4-27(5-2)34(30,31)19-12-13-22(29)26(15-19)16-21(28)25-20-7-6-14-24-23(20)33-18-10-8-17(32-3)9-11-18/h6-15H,4-5,16H2,1-3H3,(H,25,28). The Morgan fingerprint density at radius 2 is 1.74 bits per heavy atom. The predicted molar refractivity (Wildman–Crippen MR) is 127 cm³/mol. The summed E-state index contributed by atoms with van der Waals surface area (Å²) < 4.78 is 38.7. The van der Waals surface area contributed by atoms with Crippen LogP contribution < -0.4 is 20.3 Å². The average Bonchev–Trinajstić information content (AvgIpc) is 2.82. The number of rotatable bonds is 10. The van der Waals surface area contributed by atoms with E-state index >= 15 is 0 Å². The van der Waals surface area contributed by atoms with Crippen molar-refractivity contribution in [2.24, 2.45) is 0 Å². The van der Waals surface area contributed by atoms with Gasteiger partial charge in [-0.2, -0.15) is 4.31 Å². The van der Waals surface area contributed by atoms with E-state index in [1.807, 2.05) is 0 Å². The number of hydrogen-bond donors (Lipinski definition) is 1. The highest BCUT2D eigenvalue weighted by molar-refractivity contribution is 7.89. The van der Waals surface area contributed by atoms with Crippen molar-refractivity contribution in [3.8, 4) is 17.4 Å². The molecule has 0 saturated carbocycles. The van der Waals surface area contributed by atoms with Crippen LogP contribution in [0.5, 0.6) is 17.4 Å². The molecule has 0 spiro atoms.